The van der Waals surface area contributed by atoms with Gasteiger partial charge < -0.3 is 57.6 Å². The topological polar surface area (TPSA) is 268 Å². The Morgan fingerprint density at radius 2 is 0.972 bits per heavy atom. The normalized spacial score (nSPS) is 10.8. The Labute approximate surface area is 420 Å². The molecular weight excluding hydrogens is 931 g/mol. The van der Waals surface area contributed by atoms with Gasteiger partial charge in [0.2, 0.25) is 17.7 Å². The molecule has 0 saturated carbocycles. The van der Waals surface area contributed by atoms with Gasteiger partial charge in [-0.1, -0.05) is 53.7 Å². The van der Waals surface area contributed by atoms with Crippen LogP contribution in [0.25, 0.3) is 45.2 Å². The Morgan fingerprint density at radius 1 is 0.597 bits per heavy atom. The lowest BCUT2D eigenvalue weighted by atomic mass is 9.96. The molecule has 0 saturated heterocycles. The predicted octanol–water partition coefficient (Wildman–Crippen LogP) is 8.88. The van der Waals surface area contributed by atoms with Crippen LogP contribution in [-0.2, 0) is 40.0 Å². The van der Waals surface area contributed by atoms with Gasteiger partial charge in [0.05, 0.1) is 50.7 Å². The lowest BCUT2D eigenvalue weighted by Gasteiger charge is -2.18. The molecular formula is C52H71N7O13. The number of unbranched alkanes of at least 4 members (excludes halogenated alkanes) is 2. The number of aryl methyl sites for hydroxylation is 2. The van der Waals surface area contributed by atoms with E-state index in [2.05, 4.69) is 30.4 Å². The number of amides is 1. The first-order valence-corrected chi connectivity index (χ1v) is 23.0. The number of carbonyl (C=O) groups excluding carboxylic acids is 2. The second-order valence-electron chi connectivity index (χ2n) is 16.9. The molecule has 0 fully saturated rings. The van der Waals surface area contributed by atoms with Gasteiger partial charge in [-0.15, -0.1) is 20.4 Å². The summed E-state index contributed by atoms with van der Waals surface area (Å²) in [5.74, 6) is 0.0429. The standard InChI is InChI=1S/C25H32N4O6.C25H31N3O7.2CH4/c1-6-9-11-15-20(21-16(33-4)12-10-13-17(21)34-5)23(31)22(24(32)26-15)25-28-27-18(35-25)14-19(30)29(7-2)8-3;1-7-8-10-14-19(20-15(32-5)11-9-12-16(20)33-6)22(30)21(23(31)26-14)24-28-27-17(34-24)13-18(29)35-25(2,3)4;;/h10,12-13H,6-9,11,14H2,1-5H3,(H2,26,31,32);9,11-12H,7-8,10,13H2,1-6H3,(H2,26,30,31);2*1H4. The molecule has 4 heterocycles. The number of aromatic nitrogens is 6. The first-order chi connectivity index (χ1) is 33.5. The number of benzene rings is 2. The molecule has 0 unspecified atom stereocenters. The van der Waals surface area contributed by atoms with Crippen LogP contribution in [0, 0.1) is 0 Å². The number of methoxy groups -OCH3 is 4. The number of likely N-dealkylation sites (N-methyl/N-ethyl adjacent to an activating group) is 1. The summed E-state index contributed by atoms with van der Waals surface area (Å²) in [5, 5.41) is 38.5. The smallest absolute Gasteiger partial charge is 0.315 e. The fourth-order valence-electron chi connectivity index (χ4n) is 7.66. The van der Waals surface area contributed by atoms with Gasteiger partial charge in [0.25, 0.3) is 22.9 Å². The van der Waals surface area contributed by atoms with E-state index in [0.717, 1.165) is 25.7 Å². The van der Waals surface area contributed by atoms with E-state index in [1.54, 1.807) is 62.1 Å². The van der Waals surface area contributed by atoms with Crippen molar-refractivity contribution < 1.29 is 52.3 Å². The highest BCUT2D eigenvalue weighted by molar-refractivity contribution is 5.88. The van der Waals surface area contributed by atoms with Gasteiger partial charge in [0, 0.05) is 24.5 Å². The molecule has 6 rings (SSSR count). The zero-order valence-electron chi connectivity index (χ0n) is 41.7. The van der Waals surface area contributed by atoms with Gasteiger partial charge in [-0.05, 0) is 84.6 Å². The summed E-state index contributed by atoms with van der Waals surface area (Å²) in [7, 11) is 6.05. The van der Waals surface area contributed by atoms with E-state index in [-0.39, 0.29) is 79.8 Å². The summed E-state index contributed by atoms with van der Waals surface area (Å²) < 4.78 is 38.7. The minimum atomic E-state index is -0.674. The van der Waals surface area contributed by atoms with Gasteiger partial charge in [-0.3, -0.25) is 19.2 Å². The summed E-state index contributed by atoms with van der Waals surface area (Å²) in [6.07, 6.45) is 3.98. The third-order valence-corrected chi connectivity index (χ3v) is 10.9. The van der Waals surface area contributed by atoms with Gasteiger partial charge in [0.15, 0.2) is 0 Å². The number of pyridine rings is 2. The maximum Gasteiger partial charge on any atom is 0.315 e. The van der Waals surface area contributed by atoms with Gasteiger partial charge in [-0.25, -0.2) is 0 Å². The molecule has 0 atom stereocenters. The van der Waals surface area contributed by atoms with Crippen molar-refractivity contribution in [2.45, 2.75) is 120 Å². The number of hydrogen-bond donors (Lipinski definition) is 4. The Balaban J connectivity index is 0.000000370. The Kier molecular flexibility index (Phi) is 21.6. The van der Waals surface area contributed by atoms with Crippen LogP contribution in [-0.4, -0.2) is 104 Å². The number of aromatic hydroxyl groups is 2. The quantitative estimate of drug-likeness (QED) is 0.0520. The Morgan fingerprint density at radius 3 is 1.31 bits per heavy atom. The molecule has 20 heteroatoms. The molecule has 0 aliphatic heterocycles. The van der Waals surface area contributed by atoms with Crippen molar-refractivity contribution in [2.75, 3.05) is 41.5 Å². The molecule has 4 aromatic heterocycles. The number of esters is 1. The number of hydrogen-bond acceptors (Lipinski definition) is 17. The predicted molar refractivity (Wildman–Crippen MR) is 273 cm³/mol. The van der Waals surface area contributed by atoms with Crippen LogP contribution in [0.15, 0.2) is 54.8 Å². The summed E-state index contributed by atoms with van der Waals surface area (Å²) in [5.41, 5.74) is 0.504. The fraction of sp³-hybridized carbons (Fsp3) is 0.462. The lowest BCUT2D eigenvalue weighted by molar-refractivity contribution is -0.154. The molecule has 0 radical (unpaired) electrons. The fourth-order valence-corrected chi connectivity index (χ4v) is 7.66. The van der Waals surface area contributed by atoms with Crippen molar-refractivity contribution in [3.8, 4) is 79.7 Å². The number of nitrogens with one attached hydrogen (secondary N) is 2. The highest BCUT2D eigenvalue weighted by atomic mass is 16.6. The van der Waals surface area contributed by atoms with Crippen LogP contribution in [0.3, 0.4) is 0 Å². The van der Waals surface area contributed by atoms with E-state index >= 15 is 0 Å². The van der Waals surface area contributed by atoms with Gasteiger partial charge >= 0.3 is 5.97 Å². The average Bonchev–Trinajstić information content (AvgIpc) is 3.98. The van der Waals surface area contributed by atoms with E-state index in [1.807, 2.05) is 27.7 Å². The number of H-pyrrole nitrogens is 2. The van der Waals surface area contributed by atoms with Crippen molar-refractivity contribution in [1.82, 2.24) is 35.3 Å². The second kappa shape index (κ2) is 26.5. The maximum absolute atomic E-state index is 13.1. The Bertz CT molecular complexity index is 2830. The molecule has 0 aliphatic rings. The van der Waals surface area contributed by atoms with Crippen LogP contribution in [0.5, 0.6) is 34.5 Å². The zero-order chi connectivity index (χ0) is 51.3. The molecule has 1 amide bonds. The summed E-state index contributed by atoms with van der Waals surface area (Å²) in [6, 6.07) is 10.5. The van der Waals surface area contributed by atoms with Crippen LogP contribution in [0.1, 0.15) is 112 Å². The minimum Gasteiger partial charge on any atom is -0.506 e. The van der Waals surface area contributed by atoms with E-state index in [9.17, 15) is 29.4 Å². The molecule has 0 aliphatic carbocycles. The lowest BCUT2D eigenvalue weighted by Crippen LogP contribution is -2.31. The average molecular weight is 1000 g/mol. The first kappa shape index (κ1) is 58.7. The molecule has 0 spiro atoms. The molecule has 4 N–H and O–H groups in total. The number of aromatic amines is 2. The van der Waals surface area contributed by atoms with E-state index in [4.69, 9.17) is 32.5 Å². The summed E-state index contributed by atoms with van der Waals surface area (Å²) >= 11 is 0. The van der Waals surface area contributed by atoms with Crippen LogP contribution >= 0.6 is 0 Å². The first-order valence-electron chi connectivity index (χ1n) is 23.0. The molecule has 0 bridgehead atoms. The highest BCUT2D eigenvalue weighted by Crippen LogP contribution is 2.48. The SMILES string of the molecule is C.C.CCCCc1[nH]c(=O)c(-c2nnc(CC(=O)N(CC)CC)o2)c(O)c1-c1c(OC)cccc1OC.CCCCc1[nH]c(=O)c(-c2nnc(CC(=O)OC(C)(C)C)o2)c(O)c1-c1c(OC)cccc1OC. The van der Waals surface area contributed by atoms with Crippen molar-refractivity contribution in [3.05, 3.63) is 80.3 Å². The largest absolute Gasteiger partial charge is 0.506 e. The van der Waals surface area contributed by atoms with Crippen molar-refractivity contribution >= 4 is 11.9 Å². The zero-order valence-corrected chi connectivity index (χ0v) is 41.7. The maximum atomic E-state index is 13.1. The number of ether oxygens (including phenoxy) is 5. The second-order valence-corrected chi connectivity index (χ2v) is 16.9. The van der Waals surface area contributed by atoms with Crippen LogP contribution in [0.2, 0.25) is 0 Å². The molecule has 6 aromatic rings. The van der Waals surface area contributed by atoms with Gasteiger partial charge in [-0.2, -0.15) is 0 Å². The number of rotatable bonds is 20. The van der Waals surface area contributed by atoms with Crippen molar-refractivity contribution in [3.63, 3.8) is 0 Å². The molecule has 72 heavy (non-hydrogen) atoms. The highest BCUT2D eigenvalue weighted by Gasteiger charge is 2.30. The molecule has 2 aromatic carbocycles. The third kappa shape index (κ3) is 13.6. The summed E-state index contributed by atoms with van der Waals surface area (Å²) in [4.78, 5) is 58.1. The van der Waals surface area contributed by atoms with Crippen molar-refractivity contribution in [2.24, 2.45) is 0 Å². The van der Waals surface area contributed by atoms with Gasteiger partial charge in [0.1, 0.15) is 64.1 Å². The molecule has 20 nitrogen and oxygen atoms in total. The van der Waals surface area contributed by atoms with E-state index in [0.29, 0.717) is 82.6 Å². The van der Waals surface area contributed by atoms with Crippen molar-refractivity contribution in [1.29, 1.82) is 0 Å². The molecule has 392 valence electrons. The third-order valence-electron chi connectivity index (χ3n) is 10.9. The van der Waals surface area contributed by atoms with Crippen LogP contribution < -0.4 is 30.1 Å². The Hall–Kier alpha value is -7.64. The van der Waals surface area contributed by atoms with E-state index < -0.39 is 22.7 Å². The van der Waals surface area contributed by atoms with E-state index in [1.165, 1.54) is 28.4 Å². The monoisotopic (exact) mass is 1000 g/mol. The number of carbonyl (C=O) groups is 2. The number of nitrogens with zero attached hydrogens (tertiary/aromatic N) is 5. The van der Waals surface area contributed by atoms with Crippen LogP contribution in [0.4, 0.5) is 0 Å². The summed E-state index contributed by atoms with van der Waals surface area (Å²) in [6.45, 7) is 14.2. The minimum absolute atomic E-state index is 0.